The van der Waals surface area contributed by atoms with Crippen molar-refractivity contribution in [3.8, 4) is 0 Å². The molecular weight excluding hydrogens is 319 g/mol. The highest BCUT2D eigenvalue weighted by molar-refractivity contribution is 6.05. The smallest absolute Gasteiger partial charge is 0.322 e. The maximum atomic E-state index is 12.4. The molecule has 0 saturated carbocycles. The molecule has 6 heteroatoms. The van der Waals surface area contributed by atoms with E-state index in [0.717, 1.165) is 0 Å². The van der Waals surface area contributed by atoms with Crippen LogP contribution in [0.25, 0.3) is 0 Å². The Bertz CT molecular complexity index is 737. The zero-order valence-corrected chi connectivity index (χ0v) is 13.0. The topological polar surface area (TPSA) is 46.2 Å². The number of ketones is 1. The molecule has 2 aromatic carbocycles. The monoisotopic (exact) mass is 335 g/mol. The third kappa shape index (κ3) is 4.94. The van der Waals surface area contributed by atoms with E-state index in [2.05, 4.69) is 5.32 Å². The standard InChI is InChI=1S/C18H16F3NO2/c1-12(23)13-6-8-15(9-7-13)17(24)22-16-5-3-2-4-14(16)10-11-18(19,20)21/h2-9H,10-11H2,1H3,(H,22,24). The van der Waals surface area contributed by atoms with E-state index < -0.39 is 18.5 Å². The molecule has 2 rings (SSSR count). The Morgan fingerprint density at radius 3 is 2.12 bits per heavy atom. The Hall–Kier alpha value is -2.63. The summed E-state index contributed by atoms with van der Waals surface area (Å²) in [6.45, 7) is 1.42. The minimum atomic E-state index is -4.25. The number of anilines is 1. The summed E-state index contributed by atoms with van der Waals surface area (Å²) in [5.41, 5.74) is 1.58. The second-order valence-corrected chi connectivity index (χ2v) is 5.36. The van der Waals surface area contributed by atoms with E-state index >= 15 is 0 Å². The summed E-state index contributed by atoms with van der Waals surface area (Å²) in [5.74, 6) is -0.552. The average molecular weight is 335 g/mol. The molecule has 0 aliphatic rings. The van der Waals surface area contributed by atoms with E-state index in [0.29, 0.717) is 22.4 Å². The number of rotatable bonds is 5. The van der Waals surface area contributed by atoms with Gasteiger partial charge < -0.3 is 5.32 Å². The van der Waals surface area contributed by atoms with Crippen molar-refractivity contribution in [1.29, 1.82) is 0 Å². The van der Waals surface area contributed by atoms with Gasteiger partial charge >= 0.3 is 6.18 Å². The summed E-state index contributed by atoms with van der Waals surface area (Å²) < 4.78 is 37.2. The fourth-order valence-corrected chi connectivity index (χ4v) is 2.19. The molecule has 126 valence electrons. The van der Waals surface area contributed by atoms with Gasteiger partial charge in [0.05, 0.1) is 0 Å². The predicted molar refractivity (Wildman–Crippen MR) is 85.2 cm³/mol. The molecule has 0 aliphatic heterocycles. The molecule has 1 N–H and O–H groups in total. The van der Waals surface area contributed by atoms with E-state index in [1.807, 2.05) is 0 Å². The first-order valence-electron chi connectivity index (χ1n) is 7.33. The molecule has 0 fully saturated rings. The number of carbonyl (C=O) groups excluding carboxylic acids is 2. The lowest BCUT2D eigenvalue weighted by Crippen LogP contribution is -2.15. The van der Waals surface area contributed by atoms with Crippen molar-refractivity contribution >= 4 is 17.4 Å². The number of hydrogen-bond acceptors (Lipinski definition) is 2. The Morgan fingerprint density at radius 2 is 1.54 bits per heavy atom. The van der Waals surface area contributed by atoms with Gasteiger partial charge in [0.15, 0.2) is 5.78 Å². The van der Waals surface area contributed by atoms with Crippen LogP contribution < -0.4 is 5.32 Å². The number of Topliss-reactive ketones (excluding diaryl/α,β-unsaturated/α-hetero) is 1. The van der Waals surface area contributed by atoms with Crippen LogP contribution in [0.15, 0.2) is 48.5 Å². The van der Waals surface area contributed by atoms with Crippen molar-refractivity contribution in [3.05, 3.63) is 65.2 Å². The van der Waals surface area contributed by atoms with Crippen LogP contribution in [0.1, 0.15) is 39.6 Å². The highest BCUT2D eigenvalue weighted by atomic mass is 19.4. The summed E-state index contributed by atoms with van der Waals surface area (Å²) in [6, 6.07) is 12.5. The van der Waals surface area contributed by atoms with Crippen LogP contribution in [0.4, 0.5) is 18.9 Å². The number of hydrogen-bond donors (Lipinski definition) is 1. The van der Waals surface area contributed by atoms with Crippen molar-refractivity contribution in [2.45, 2.75) is 25.9 Å². The quantitative estimate of drug-likeness (QED) is 0.809. The summed E-state index contributed by atoms with van der Waals surface area (Å²) >= 11 is 0. The Labute approximate surface area is 137 Å². The van der Waals surface area contributed by atoms with Gasteiger partial charge in [-0.15, -0.1) is 0 Å². The minimum absolute atomic E-state index is 0.112. The van der Waals surface area contributed by atoms with Gasteiger partial charge in [0, 0.05) is 23.2 Å². The lowest BCUT2D eigenvalue weighted by Gasteiger charge is -2.12. The first-order valence-corrected chi connectivity index (χ1v) is 7.33. The average Bonchev–Trinajstić information content (AvgIpc) is 2.53. The Kier molecular flexibility index (Phi) is 5.39. The summed E-state index contributed by atoms with van der Waals surface area (Å²) in [4.78, 5) is 23.5. The molecule has 0 saturated heterocycles. The van der Waals surface area contributed by atoms with Gasteiger partial charge in [0.1, 0.15) is 0 Å². The molecular formula is C18H16F3NO2. The van der Waals surface area contributed by atoms with E-state index in [9.17, 15) is 22.8 Å². The fraction of sp³-hybridized carbons (Fsp3) is 0.222. The number of benzene rings is 2. The summed E-state index contributed by atoms with van der Waals surface area (Å²) in [5, 5.41) is 2.62. The van der Waals surface area contributed by atoms with E-state index in [1.165, 1.54) is 31.2 Å². The fourth-order valence-electron chi connectivity index (χ4n) is 2.19. The predicted octanol–water partition coefficient (Wildman–Crippen LogP) is 4.64. The number of amides is 1. The third-order valence-corrected chi connectivity index (χ3v) is 3.50. The molecule has 1 amide bonds. The lowest BCUT2D eigenvalue weighted by molar-refractivity contribution is -0.133. The molecule has 0 unspecified atom stereocenters. The SMILES string of the molecule is CC(=O)c1ccc(C(=O)Nc2ccccc2CCC(F)(F)F)cc1. The van der Waals surface area contributed by atoms with Crippen LogP contribution in [-0.4, -0.2) is 17.9 Å². The molecule has 3 nitrogen and oxygen atoms in total. The van der Waals surface area contributed by atoms with Crippen LogP contribution in [0.2, 0.25) is 0 Å². The third-order valence-electron chi connectivity index (χ3n) is 3.50. The number of aryl methyl sites for hydroxylation is 1. The molecule has 0 atom stereocenters. The molecule has 0 aromatic heterocycles. The van der Waals surface area contributed by atoms with Gasteiger partial charge in [0.2, 0.25) is 0 Å². The van der Waals surface area contributed by atoms with Crippen molar-refractivity contribution < 1.29 is 22.8 Å². The number of alkyl halides is 3. The Balaban J connectivity index is 2.12. The normalized spacial score (nSPS) is 11.2. The molecule has 0 aliphatic carbocycles. The summed E-state index contributed by atoms with van der Waals surface area (Å²) in [7, 11) is 0. The molecule has 2 aromatic rings. The first kappa shape index (κ1) is 17.7. The second-order valence-electron chi connectivity index (χ2n) is 5.36. The number of halogens is 3. The van der Waals surface area contributed by atoms with Gasteiger partial charge in [-0.25, -0.2) is 0 Å². The number of carbonyl (C=O) groups is 2. The van der Waals surface area contributed by atoms with Crippen LogP contribution >= 0.6 is 0 Å². The van der Waals surface area contributed by atoms with E-state index in [-0.39, 0.29) is 12.2 Å². The van der Waals surface area contributed by atoms with Crippen molar-refractivity contribution in [2.75, 3.05) is 5.32 Å². The van der Waals surface area contributed by atoms with Crippen molar-refractivity contribution in [3.63, 3.8) is 0 Å². The van der Waals surface area contributed by atoms with Crippen molar-refractivity contribution in [2.24, 2.45) is 0 Å². The maximum Gasteiger partial charge on any atom is 0.389 e. The molecule has 0 radical (unpaired) electrons. The minimum Gasteiger partial charge on any atom is -0.322 e. The maximum absolute atomic E-state index is 12.4. The van der Waals surface area contributed by atoms with E-state index in [1.54, 1.807) is 24.3 Å². The van der Waals surface area contributed by atoms with Gasteiger partial charge in [0.25, 0.3) is 5.91 Å². The lowest BCUT2D eigenvalue weighted by atomic mass is 10.1. The van der Waals surface area contributed by atoms with E-state index in [4.69, 9.17) is 0 Å². The largest absolute Gasteiger partial charge is 0.389 e. The molecule has 24 heavy (non-hydrogen) atoms. The number of nitrogens with one attached hydrogen (secondary N) is 1. The first-order chi connectivity index (χ1) is 11.3. The molecule has 0 spiro atoms. The zero-order valence-electron chi connectivity index (χ0n) is 13.0. The highest BCUT2D eigenvalue weighted by Gasteiger charge is 2.27. The molecule has 0 bridgehead atoms. The van der Waals surface area contributed by atoms with Crippen molar-refractivity contribution in [1.82, 2.24) is 0 Å². The van der Waals surface area contributed by atoms with Crippen LogP contribution in [0.5, 0.6) is 0 Å². The summed E-state index contributed by atoms with van der Waals surface area (Å²) in [6.07, 6.45) is -5.41. The zero-order chi connectivity index (χ0) is 17.7. The Morgan fingerprint density at radius 1 is 0.958 bits per heavy atom. The molecule has 0 heterocycles. The van der Waals surface area contributed by atoms with Crippen LogP contribution in [0.3, 0.4) is 0 Å². The van der Waals surface area contributed by atoms with Gasteiger partial charge in [-0.1, -0.05) is 30.3 Å². The van der Waals surface area contributed by atoms with Gasteiger partial charge in [-0.05, 0) is 37.1 Å². The van der Waals surface area contributed by atoms with Gasteiger partial charge in [-0.3, -0.25) is 9.59 Å². The number of para-hydroxylation sites is 1. The highest BCUT2D eigenvalue weighted by Crippen LogP contribution is 2.25. The second kappa shape index (κ2) is 7.29. The van der Waals surface area contributed by atoms with Crippen LogP contribution in [-0.2, 0) is 6.42 Å². The van der Waals surface area contributed by atoms with Crippen LogP contribution in [0, 0.1) is 0 Å². The van der Waals surface area contributed by atoms with Gasteiger partial charge in [-0.2, -0.15) is 13.2 Å².